The summed E-state index contributed by atoms with van der Waals surface area (Å²) in [5.41, 5.74) is 0.974. The highest BCUT2D eigenvalue weighted by atomic mass is 32.1. The number of hydrogen-bond acceptors (Lipinski definition) is 11. The molecule has 1 aliphatic carbocycles. The summed E-state index contributed by atoms with van der Waals surface area (Å²) in [7, 11) is 0. The van der Waals surface area contributed by atoms with Crippen molar-refractivity contribution in [2.45, 2.75) is 64.5 Å². The molecule has 1 saturated carbocycles. The van der Waals surface area contributed by atoms with E-state index in [0.29, 0.717) is 29.1 Å². The number of fused-ring (bicyclic) bond motifs is 1. The number of aromatic nitrogens is 3. The second-order valence-electron chi connectivity index (χ2n) is 11.0. The fourth-order valence-corrected chi connectivity index (χ4v) is 5.54. The molecule has 228 valence electrons. The molecule has 0 spiro atoms. The number of alkyl carbamates (subject to hydrolysis) is 1. The van der Waals surface area contributed by atoms with E-state index in [4.69, 9.17) is 9.47 Å². The summed E-state index contributed by atoms with van der Waals surface area (Å²) >= 11 is 1.39. The molecule has 0 unspecified atom stereocenters. The molecule has 4 N–H and O–H groups in total. The van der Waals surface area contributed by atoms with Crippen molar-refractivity contribution in [2.75, 3.05) is 30.3 Å². The number of carbonyl (C=O) groups excluding carboxylic acids is 2. The minimum atomic E-state index is -4.47. The van der Waals surface area contributed by atoms with E-state index in [1.54, 1.807) is 27.7 Å². The Kier molecular flexibility index (Phi) is 9.40. The summed E-state index contributed by atoms with van der Waals surface area (Å²) < 4.78 is 49.9. The Morgan fingerprint density at radius 3 is 2.55 bits per heavy atom. The first-order chi connectivity index (χ1) is 19.7. The van der Waals surface area contributed by atoms with Gasteiger partial charge in [0.15, 0.2) is 0 Å². The highest BCUT2D eigenvalue weighted by Gasteiger charge is 2.35. The van der Waals surface area contributed by atoms with E-state index >= 15 is 0 Å². The molecule has 1 aromatic carbocycles. The lowest BCUT2D eigenvalue weighted by molar-refractivity contribution is -0.144. The van der Waals surface area contributed by atoms with Gasteiger partial charge in [0, 0.05) is 0 Å². The van der Waals surface area contributed by atoms with Crippen LogP contribution in [0.15, 0.2) is 24.3 Å². The molecule has 11 nitrogen and oxygen atoms in total. The van der Waals surface area contributed by atoms with E-state index in [1.165, 1.54) is 11.3 Å². The summed E-state index contributed by atoms with van der Waals surface area (Å²) in [5.74, 6) is -0.849. The largest absolute Gasteiger partial charge is 0.464 e. The molecule has 1 amide bonds. The minimum Gasteiger partial charge on any atom is -0.464 e. The third-order valence-electron chi connectivity index (χ3n) is 6.25. The van der Waals surface area contributed by atoms with Crippen LogP contribution in [0.5, 0.6) is 0 Å². The van der Waals surface area contributed by atoms with Crippen LogP contribution in [0.2, 0.25) is 0 Å². The highest BCUT2D eigenvalue weighted by molar-refractivity contribution is 7.21. The van der Waals surface area contributed by atoms with Gasteiger partial charge in [0.2, 0.25) is 5.95 Å². The quantitative estimate of drug-likeness (QED) is 0.252. The maximum absolute atomic E-state index is 12.9. The Morgan fingerprint density at radius 2 is 1.86 bits per heavy atom. The van der Waals surface area contributed by atoms with Crippen molar-refractivity contribution >= 4 is 45.4 Å². The smallest absolute Gasteiger partial charge is 0.408 e. The van der Waals surface area contributed by atoms with Crippen molar-refractivity contribution in [3.63, 3.8) is 0 Å². The number of aliphatic hydroxyl groups excluding tert-OH is 1. The van der Waals surface area contributed by atoms with Gasteiger partial charge >= 0.3 is 18.2 Å². The lowest BCUT2D eigenvalue weighted by Crippen LogP contribution is -2.36. The first kappa shape index (κ1) is 31.2. The molecule has 2 aromatic heterocycles. The molecule has 0 saturated heterocycles. The van der Waals surface area contributed by atoms with Gasteiger partial charge in [0.1, 0.15) is 29.5 Å². The van der Waals surface area contributed by atoms with Gasteiger partial charge in [-0.15, -0.1) is 11.3 Å². The number of esters is 1. The van der Waals surface area contributed by atoms with Gasteiger partial charge in [-0.3, -0.25) is 4.79 Å². The number of thiazole rings is 1. The molecule has 42 heavy (non-hydrogen) atoms. The summed E-state index contributed by atoms with van der Waals surface area (Å²) in [5, 5.41) is 19.1. The van der Waals surface area contributed by atoms with Crippen LogP contribution in [-0.4, -0.2) is 75.7 Å². The number of carbonyl (C=O) groups is 2. The first-order valence-electron chi connectivity index (χ1n) is 13.3. The molecule has 0 bridgehead atoms. The van der Waals surface area contributed by atoms with Gasteiger partial charge in [0.05, 0.1) is 40.2 Å². The van der Waals surface area contributed by atoms with Gasteiger partial charge in [-0.25, -0.2) is 14.8 Å². The Balaban J connectivity index is 1.46. The van der Waals surface area contributed by atoms with Crippen LogP contribution in [0.25, 0.3) is 20.8 Å². The molecule has 3 aromatic rings. The topological polar surface area (TPSA) is 148 Å². The number of aryl methyl sites for hydroxylation is 1. The maximum Gasteiger partial charge on any atom is 0.408 e. The Labute approximate surface area is 244 Å². The molecular formula is C27H33F3N6O5S. The zero-order valence-corrected chi connectivity index (χ0v) is 24.4. The lowest BCUT2D eigenvalue weighted by atomic mass is 10.1. The van der Waals surface area contributed by atoms with Gasteiger partial charge in [-0.05, 0) is 58.6 Å². The molecule has 1 aliphatic rings. The number of alkyl halides is 3. The SMILES string of the molecule is Cc1nc(NCC(F)(F)F)nc(N[C@@H]2C[C@H](COC(=O)CNC(=O)OC(C)(C)C)C[C@H]2O)c1-c1nc2ccccc2s1. The monoisotopic (exact) mass is 610 g/mol. The third kappa shape index (κ3) is 8.64. The lowest BCUT2D eigenvalue weighted by Gasteiger charge is -2.21. The van der Waals surface area contributed by atoms with Gasteiger partial charge in [-0.2, -0.15) is 18.2 Å². The maximum atomic E-state index is 12.9. The van der Waals surface area contributed by atoms with Crippen molar-refractivity contribution in [1.29, 1.82) is 0 Å². The molecule has 1 fully saturated rings. The number of nitrogens with one attached hydrogen (secondary N) is 3. The van der Waals surface area contributed by atoms with E-state index in [2.05, 4.69) is 30.9 Å². The number of anilines is 2. The number of hydrogen-bond donors (Lipinski definition) is 4. The zero-order chi connectivity index (χ0) is 30.7. The van der Waals surface area contributed by atoms with Gasteiger partial charge in [-0.1, -0.05) is 12.1 Å². The van der Waals surface area contributed by atoms with Crippen molar-refractivity contribution in [2.24, 2.45) is 5.92 Å². The van der Waals surface area contributed by atoms with E-state index in [0.717, 1.165) is 10.2 Å². The average Bonchev–Trinajstić information content (AvgIpc) is 3.46. The minimum absolute atomic E-state index is 0.00991. The fourth-order valence-electron chi connectivity index (χ4n) is 4.48. The Bertz CT molecular complexity index is 1390. The Hall–Kier alpha value is -3.72. The molecule has 3 atom stereocenters. The summed E-state index contributed by atoms with van der Waals surface area (Å²) in [6.45, 7) is 5.09. The number of nitrogens with zero attached hydrogens (tertiary/aromatic N) is 3. The van der Waals surface area contributed by atoms with Crippen molar-refractivity contribution in [3.8, 4) is 10.6 Å². The predicted molar refractivity (Wildman–Crippen MR) is 151 cm³/mol. The molecule has 15 heteroatoms. The second-order valence-corrected chi connectivity index (χ2v) is 12.0. The van der Waals surface area contributed by atoms with E-state index in [9.17, 15) is 27.9 Å². The molecule has 4 rings (SSSR count). The highest BCUT2D eigenvalue weighted by Crippen LogP contribution is 2.38. The van der Waals surface area contributed by atoms with Crippen LogP contribution >= 0.6 is 11.3 Å². The second kappa shape index (κ2) is 12.7. The molecular weight excluding hydrogens is 577 g/mol. The van der Waals surface area contributed by atoms with Gasteiger partial charge < -0.3 is 30.5 Å². The number of rotatable bonds is 9. The van der Waals surface area contributed by atoms with Crippen LogP contribution in [-0.2, 0) is 14.3 Å². The van der Waals surface area contributed by atoms with Crippen LogP contribution in [0.3, 0.4) is 0 Å². The van der Waals surface area contributed by atoms with Gasteiger partial charge in [0.25, 0.3) is 0 Å². The summed E-state index contributed by atoms with van der Waals surface area (Å²) in [4.78, 5) is 37.1. The number of aliphatic hydroxyl groups is 1. The van der Waals surface area contributed by atoms with Crippen molar-refractivity contribution in [3.05, 3.63) is 30.0 Å². The molecule has 0 radical (unpaired) electrons. The summed E-state index contributed by atoms with van der Waals surface area (Å²) in [6, 6.07) is 6.97. The normalized spacial score (nSPS) is 19.0. The standard InChI is InChI=1S/C27H33F3N6O5S/c1-14-21(23-35-16-7-5-6-8-19(16)42-23)22(36-24(33-14)32-13-27(28,29)30)34-17-9-15(10-18(17)37)12-40-20(38)11-31-25(39)41-26(2,3)4/h5-8,15,17-18,37H,9-13H2,1-4H3,(H,31,39)(H2,32,33,34,36)/t15-,17+,18+/m0/s1. The number of amides is 1. The molecule has 2 heterocycles. The number of para-hydroxylation sites is 1. The molecule has 0 aliphatic heterocycles. The van der Waals surface area contributed by atoms with Crippen LogP contribution < -0.4 is 16.0 Å². The fraction of sp³-hybridized carbons (Fsp3) is 0.519. The third-order valence-corrected chi connectivity index (χ3v) is 7.30. The van der Waals surface area contributed by atoms with E-state index in [-0.39, 0.29) is 30.8 Å². The number of ether oxygens (including phenoxy) is 2. The van der Waals surface area contributed by atoms with Crippen LogP contribution in [0.1, 0.15) is 39.3 Å². The zero-order valence-electron chi connectivity index (χ0n) is 23.5. The van der Waals surface area contributed by atoms with Crippen molar-refractivity contribution < 1.29 is 37.3 Å². The number of benzene rings is 1. The average molecular weight is 611 g/mol. The number of halogens is 3. The van der Waals surface area contributed by atoms with E-state index in [1.807, 2.05) is 24.3 Å². The predicted octanol–water partition coefficient (Wildman–Crippen LogP) is 4.66. The van der Waals surface area contributed by atoms with Crippen LogP contribution in [0.4, 0.5) is 29.7 Å². The van der Waals surface area contributed by atoms with E-state index < -0.39 is 42.5 Å². The first-order valence-corrected chi connectivity index (χ1v) is 14.1. The van der Waals surface area contributed by atoms with Crippen LogP contribution in [0, 0.1) is 12.8 Å². The Morgan fingerprint density at radius 1 is 1.12 bits per heavy atom. The van der Waals surface area contributed by atoms with Crippen molar-refractivity contribution in [1.82, 2.24) is 20.3 Å². The summed E-state index contributed by atoms with van der Waals surface area (Å²) in [6.07, 6.45) is -5.36.